The molecule has 19 heavy (non-hydrogen) atoms. The summed E-state index contributed by atoms with van der Waals surface area (Å²) in [6.45, 7) is 3.90. The molecule has 0 radical (unpaired) electrons. The van der Waals surface area contributed by atoms with Gasteiger partial charge in [-0.2, -0.15) is 0 Å². The number of carbonyl (C=O) groups is 1. The van der Waals surface area contributed by atoms with Crippen LogP contribution in [-0.4, -0.2) is 10.9 Å². The number of nitro benzene ring substituents is 1. The van der Waals surface area contributed by atoms with Crippen LogP contribution >= 0.6 is 0 Å². The highest BCUT2D eigenvalue weighted by atomic mass is 16.6. The normalized spacial score (nSPS) is 11.9. The monoisotopic (exact) mass is 265 g/mol. The summed E-state index contributed by atoms with van der Waals surface area (Å²) >= 11 is 0. The summed E-state index contributed by atoms with van der Waals surface area (Å²) in [5.41, 5.74) is 0.408. The lowest BCUT2D eigenvalue weighted by atomic mass is 10.0. The molecule has 0 heterocycles. The molecule has 1 rings (SSSR count). The van der Waals surface area contributed by atoms with Crippen LogP contribution in [0.1, 0.15) is 38.7 Å². The number of nitro groups is 1. The van der Waals surface area contributed by atoms with E-state index in [1.54, 1.807) is 18.2 Å². The topological polar surface area (TPSA) is 69.4 Å². The molecule has 5 heteroatoms. The van der Waals surface area contributed by atoms with Crippen LogP contribution in [0.2, 0.25) is 0 Å². The van der Waals surface area contributed by atoms with E-state index in [1.165, 1.54) is 6.07 Å². The minimum atomic E-state index is -0.466. The zero-order valence-corrected chi connectivity index (χ0v) is 11.3. The van der Waals surface area contributed by atoms with Gasteiger partial charge in [-0.1, -0.05) is 32.4 Å². The number of hydrogen-bond acceptors (Lipinski definition) is 4. The van der Waals surface area contributed by atoms with Crippen LogP contribution in [0.5, 0.6) is 0 Å². The van der Waals surface area contributed by atoms with E-state index in [1.807, 2.05) is 13.8 Å². The molecule has 104 valence electrons. The van der Waals surface area contributed by atoms with Gasteiger partial charge in [0, 0.05) is 6.07 Å². The van der Waals surface area contributed by atoms with Gasteiger partial charge >= 0.3 is 5.97 Å². The van der Waals surface area contributed by atoms with Crippen LogP contribution in [0.3, 0.4) is 0 Å². The second-order valence-electron chi connectivity index (χ2n) is 4.39. The minimum Gasteiger partial charge on any atom is -0.460 e. The first-order chi connectivity index (χ1) is 9.10. The Hall–Kier alpha value is -1.91. The van der Waals surface area contributed by atoms with E-state index in [2.05, 4.69) is 0 Å². The Bertz CT molecular complexity index is 445. The van der Waals surface area contributed by atoms with Crippen molar-refractivity contribution >= 4 is 11.7 Å². The van der Waals surface area contributed by atoms with Crippen LogP contribution in [0.15, 0.2) is 24.3 Å². The predicted molar refractivity (Wildman–Crippen MR) is 71.6 cm³/mol. The predicted octanol–water partition coefficient (Wildman–Crippen LogP) is 3.46. The zero-order chi connectivity index (χ0) is 14.3. The van der Waals surface area contributed by atoms with Crippen molar-refractivity contribution in [3.8, 4) is 0 Å². The van der Waals surface area contributed by atoms with E-state index in [-0.39, 0.29) is 24.2 Å². The van der Waals surface area contributed by atoms with Crippen LogP contribution < -0.4 is 0 Å². The molecule has 1 atom stereocenters. The van der Waals surface area contributed by atoms with Crippen molar-refractivity contribution < 1.29 is 14.5 Å². The molecule has 0 aromatic heterocycles. The number of carbonyl (C=O) groups excluding carboxylic acids is 1. The molecule has 0 aliphatic heterocycles. The van der Waals surface area contributed by atoms with Crippen molar-refractivity contribution in [3.05, 3.63) is 39.9 Å². The largest absolute Gasteiger partial charge is 0.460 e. The van der Waals surface area contributed by atoms with Gasteiger partial charge in [-0.3, -0.25) is 14.9 Å². The van der Waals surface area contributed by atoms with Gasteiger partial charge in [0.05, 0.1) is 16.4 Å². The SMILES string of the molecule is CCCC(CC)C(=O)OCc1ccccc1[N+](=O)[O-]. The van der Waals surface area contributed by atoms with Gasteiger partial charge in [0.2, 0.25) is 0 Å². The lowest BCUT2D eigenvalue weighted by molar-refractivity contribution is -0.385. The fraction of sp³-hybridized carbons (Fsp3) is 0.500. The van der Waals surface area contributed by atoms with Crippen LogP contribution in [0, 0.1) is 16.0 Å². The summed E-state index contributed by atoms with van der Waals surface area (Å²) < 4.78 is 5.18. The van der Waals surface area contributed by atoms with E-state index in [4.69, 9.17) is 4.74 Å². The van der Waals surface area contributed by atoms with Crippen molar-refractivity contribution in [2.75, 3.05) is 0 Å². The van der Waals surface area contributed by atoms with Crippen molar-refractivity contribution in [3.63, 3.8) is 0 Å². The Morgan fingerprint density at radius 1 is 1.37 bits per heavy atom. The number of para-hydroxylation sites is 1. The van der Waals surface area contributed by atoms with E-state index < -0.39 is 4.92 Å². The highest BCUT2D eigenvalue weighted by molar-refractivity contribution is 5.72. The van der Waals surface area contributed by atoms with Gasteiger partial charge < -0.3 is 4.74 Å². The molecule has 0 saturated heterocycles. The van der Waals surface area contributed by atoms with Crippen molar-refractivity contribution in [2.24, 2.45) is 5.92 Å². The Balaban J connectivity index is 2.66. The summed E-state index contributed by atoms with van der Waals surface area (Å²) in [6.07, 6.45) is 2.43. The molecular weight excluding hydrogens is 246 g/mol. The number of hydrogen-bond donors (Lipinski definition) is 0. The number of rotatable bonds is 7. The molecule has 0 amide bonds. The summed E-state index contributed by atoms with van der Waals surface area (Å²) in [6, 6.07) is 6.30. The number of ether oxygens (including phenoxy) is 1. The fourth-order valence-electron chi connectivity index (χ4n) is 1.91. The molecule has 5 nitrogen and oxygen atoms in total. The number of benzene rings is 1. The van der Waals surface area contributed by atoms with Gasteiger partial charge in [0.1, 0.15) is 6.61 Å². The van der Waals surface area contributed by atoms with Gasteiger partial charge in [-0.25, -0.2) is 0 Å². The number of esters is 1. The third-order valence-electron chi connectivity index (χ3n) is 3.02. The van der Waals surface area contributed by atoms with E-state index in [9.17, 15) is 14.9 Å². The second-order valence-corrected chi connectivity index (χ2v) is 4.39. The maximum absolute atomic E-state index is 11.8. The molecule has 0 spiro atoms. The Labute approximate surface area is 112 Å². The van der Waals surface area contributed by atoms with Crippen LogP contribution in [-0.2, 0) is 16.1 Å². The maximum atomic E-state index is 11.8. The molecular formula is C14H19NO4. The Kier molecular flexibility index (Phi) is 5.99. The molecule has 0 aliphatic rings. The van der Waals surface area contributed by atoms with Crippen molar-refractivity contribution in [2.45, 2.75) is 39.7 Å². The average Bonchev–Trinajstić information content (AvgIpc) is 2.42. The zero-order valence-electron chi connectivity index (χ0n) is 11.3. The van der Waals surface area contributed by atoms with Crippen molar-refractivity contribution in [1.82, 2.24) is 0 Å². The lowest BCUT2D eigenvalue weighted by Gasteiger charge is -2.13. The van der Waals surface area contributed by atoms with Gasteiger partial charge in [-0.05, 0) is 18.9 Å². The fourth-order valence-corrected chi connectivity index (χ4v) is 1.91. The molecule has 0 aliphatic carbocycles. The third kappa shape index (κ3) is 4.35. The molecule has 0 saturated carbocycles. The first kappa shape index (κ1) is 15.1. The average molecular weight is 265 g/mol. The first-order valence-corrected chi connectivity index (χ1v) is 6.49. The highest BCUT2D eigenvalue weighted by Gasteiger charge is 2.19. The summed E-state index contributed by atoms with van der Waals surface area (Å²) in [4.78, 5) is 22.2. The lowest BCUT2D eigenvalue weighted by Crippen LogP contribution is -2.17. The van der Waals surface area contributed by atoms with Crippen LogP contribution in [0.25, 0.3) is 0 Å². The smallest absolute Gasteiger partial charge is 0.309 e. The van der Waals surface area contributed by atoms with E-state index in [0.717, 1.165) is 19.3 Å². The maximum Gasteiger partial charge on any atom is 0.309 e. The molecule has 0 fully saturated rings. The molecule has 0 N–H and O–H groups in total. The molecule has 1 aromatic rings. The third-order valence-corrected chi connectivity index (χ3v) is 3.02. The Morgan fingerprint density at radius 2 is 2.05 bits per heavy atom. The summed E-state index contributed by atoms with van der Waals surface area (Å²) in [7, 11) is 0. The standard InChI is InChI=1S/C14H19NO4/c1-3-7-11(4-2)14(16)19-10-12-8-5-6-9-13(12)15(17)18/h5-6,8-9,11H,3-4,7,10H2,1-2H3. The van der Waals surface area contributed by atoms with E-state index in [0.29, 0.717) is 5.56 Å². The van der Waals surface area contributed by atoms with Gasteiger partial charge in [0.25, 0.3) is 5.69 Å². The van der Waals surface area contributed by atoms with Gasteiger partial charge in [0.15, 0.2) is 0 Å². The quantitative estimate of drug-likeness (QED) is 0.430. The molecule has 1 unspecified atom stereocenters. The Morgan fingerprint density at radius 3 is 2.63 bits per heavy atom. The minimum absolute atomic E-state index is 0.0150. The van der Waals surface area contributed by atoms with E-state index >= 15 is 0 Å². The van der Waals surface area contributed by atoms with Gasteiger partial charge in [-0.15, -0.1) is 0 Å². The van der Waals surface area contributed by atoms with Crippen LogP contribution in [0.4, 0.5) is 5.69 Å². The summed E-state index contributed by atoms with van der Waals surface area (Å²) in [5.74, 6) is -0.393. The highest BCUT2D eigenvalue weighted by Crippen LogP contribution is 2.20. The molecule has 0 bridgehead atoms. The first-order valence-electron chi connectivity index (χ1n) is 6.49. The second kappa shape index (κ2) is 7.51. The number of nitrogens with zero attached hydrogens (tertiary/aromatic N) is 1. The molecule has 1 aromatic carbocycles. The summed E-state index contributed by atoms with van der Waals surface area (Å²) in [5, 5.41) is 10.8. The van der Waals surface area contributed by atoms with Crippen molar-refractivity contribution in [1.29, 1.82) is 0 Å².